The molecular weight excluding hydrogens is 368 g/mol. The molecule has 1 amide bonds. The molecule has 0 saturated carbocycles. The van der Waals surface area contributed by atoms with Crippen LogP contribution in [0.1, 0.15) is 11.1 Å². The van der Waals surface area contributed by atoms with E-state index in [9.17, 15) is 30.1 Å². The molecule has 0 saturated heterocycles. The molecular formula is C15H11ClN4O6. The number of halogens is 1. The van der Waals surface area contributed by atoms with Crippen LogP contribution in [0.15, 0.2) is 41.5 Å². The SMILES string of the molecule is O=C(Cc1ccccc1[N+](=O)[O-])N/N=C/c1cc(Cl)cc([N+](=O)[O-])c1O. The van der Waals surface area contributed by atoms with Crippen molar-refractivity contribution in [3.8, 4) is 5.75 Å². The van der Waals surface area contributed by atoms with Gasteiger partial charge in [0.15, 0.2) is 0 Å². The van der Waals surface area contributed by atoms with Gasteiger partial charge in [-0.3, -0.25) is 25.0 Å². The molecule has 0 aliphatic heterocycles. The highest BCUT2D eigenvalue weighted by Crippen LogP contribution is 2.32. The van der Waals surface area contributed by atoms with Gasteiger partial charge in [0, 0.05) is 28.3 Å². The summed E-state index contributed by atoms with van der Waals surface area (Å²) in [7, 11) is 0. The summed E-state index contributed by atoms with van der Waals surface area (Å²) in [5.41, 5.74) is 1.45. The summed E-state index contributed by atoms with van der Waals surface area (Å²) in [4.78, 5) is 32.2. The normalized spacial score (nSPS) is 10.7. The Balaban J connectivity index is 2.11. The first-order chi connectivity index (χ1) is 12.3. The second kappa shape index (κ2) is 8.03. The van der Waals surface area contributed by atoms with Crippen LogP contribution >= 0.6 is 11.6 Å². The number of nitro benzene ring substituents is 2. The van der Waals surface area contributed by atoms with Crippen LogP contribution in [-0.2, 0) is 11.2 Å². The highest BCUT2D eigenvalue weighted by Gasteiger charge is 2.18. The van der Waals surface area contributed by atoms with E-state index in [-0.39, 0.29) is 28.3 Å². The Kier molecular flexibility index (Phi) is 5.81. The summed E-state index contributed by atoms with van der Waals surface area (Å²) in [5, 5.41) is 35.1. The molecule has 2 aromatic rings. The van der Waals surface area contributed by atoms with Gasteiger partial charge in [-0.05, 0) is 6.07 Å². The number of phenols is 1. The van der Waals surface area contributed by atoms with Crippen molar-refractivity contribution in [1.82, 2.24) is 5.43 Å². The van der Waals surface area contributed by atoms with Gasteiger partial charge < -0.3 is 5.11 Å². The van der Waals surface area contributed by atoms with Crippen molar-refractivity contribution in [2.45, 2.75) is 6.42 Å². The molecule has 2 N–H and O–H groups in total. The van der Waals surface area contributed by atoms with Gasteiger partial charge in [0.25, 0.3) is 5.69 Å². The van der Waals surface area contributed by atoms with E-state index in [2.05, 4.69) is 10.5 Å². The van der Waals surface area contributed by atoms with Crippen LogP contribution in [-0.4, -0.2) is 27.1 Å². The second-order valence-electron chi connectivity index (χ2n) is 4.98. The number of aromatic hydroxyl groups is 1. The lowest BCUT2D eigenvalue weighted by molar-refractivity contribution is -0.385. The molecule has 10 nitrogen and oxygen atoms in total. The van der Waals surface area contributed by atoms with Gasteiger partial charge in [-0.2, -0.15) is 5.10 Å². The maximum absolute atomic E-state index is 11.9. The lowest BCUT2D eigenvalue weighted by Crippen LogP contribution is -2.20. The lowest BCUT2D eigenvalue weighted by Gasteiger charge is -2.03. The zero-order chi connectivity index (χ0) is 19.3. The summed E-state index contributed by atoms with van der Waals surface area (Å²) < 4.78 is 0. The molecule has 11 heteroatoms. The number of nitrogens with one attached hydrogen (secondary N) is 1. The summed E-state index contributed by atoms with van der Waals surface area (Å²) in [5.74, 6) is -1.30. The van der Waals surface area contributed by atoms with Crippen molar-refractivity contribution >= 4 is 35.1 Å². The van der Waals surface area contributed by atoms with E-state index in [0.29, 0.717) is 0 Å². The first-order valence-electron chi connectivity index (χ1n) is 7.00. The van der Waals surface area contributed by atoms with Gasteiger partial charge in [0.1, 0.15) is 0 Å². The van der Waals surface area contributed by atoms with Crippen molar-refractivity contribution in [2.24, 2.45) is 5.10 Å². The minimum Gasteiger partial charge on any atom is -0.502 e. The lowest BCUT2D eigenvalue weighted by atomic mass is 10.1. The van der Waals surface area contributed by atoms with E-state index in [1.807, 2.05) is 0 Å². The van der Waals surface area contributed by atoms with Crippen LogP contribution in [0.2, 0.25) is 5.02 Å². The largest absolute Gasteiger partial charge is 0.502 e. The Hall–Kier alpha value is -3.53. The van der Waals surface area contributed by atoms with Gasteiger partial charge in [-0.1, -0.05) is 29.8 Å². The summed E-state index contributed by atoms with van der Waals surface area (Å²) in [6.45, 7) is 0. The fourth-order valence-electron chi connectivity index (χ4n) is 2.07. The van der Waals surface area contributed by atoms with Crippen molar-refractivity contribution in [1.29, 1.82) is 0 Å². The highest BCUT2D eigenvalue weighted by atomic mass is 35.5. The van der Waals surface area contributed by atoms with Crippen LogP contribution in [0.3, 0.4) is 0 Å². The third-order valence-corrected chi connectivity index (χ3v) is 3.43. The molecule has 0 aliphatic carbocycles. The highest BCUT2D eigenvalue weighted by molar-refractivity contribution is 6.31. The number of phenolic OH excluding ortho intramolecular Hbond substituents is 1. The van der Waals surface area contributed by atoms with Gasteiger partial charge >= 0.3 is 5.69 Å². The zero-order valence-corrected chi connectivity index (χ0v) is 13.7. The fourth-order valence-corrected chi connectivity index (χ4v) is 2.29. The van der Waals surface area contributed by atoms with Crippen LogP contribution < -0.4 is 5.43 Å². The molecule has 0 spiro atoms. The van der Waals surface area contributed by atoms with E-state index in [1.54, 1.807) is 6.07 Å². The van der Waals surface area contributed by atoms with Crippen molar-refractivity contribution in [3.63, 3.8) is 0 Å². The first-order valence-corrected chi connectivity index (χ1v) is 7.38. The van der Waals surface area contributed by atoms with Gasteiger partial charge in [-0.15, -0.1) is 0 Å². The average Bonchev–Trinajstić information content (AvgIpc) is 2.57. The third kappa shape index (κ3) is 4.51. The molecule has 134 valence electrons. The molecule has 0 radical (unpaired) electrons. The Morgan fingerprint density at radius 2 is 1.85 bits per heavy atom. The topological polar surface area (TPSA) is 148 Å². The van der Waals surface area contributed by atoms with Crippen LogP contribution in [0, 0.1) is 20.2 Å². The number of nitro groups is 2. The molecule has 2 rings (SSSR count). The second-order valence-corrected chi connectivity index (χ2v) is 5.41. The smallest absolute Gasteiger partial charge is 0.312 e. The number of benzene rings is 2. The minimum atomic E-state index is -0.814. The number of hydrogen-bond acceptors (Lipinski definition) is 7. The Morgan fingerprint density at radius 3 is 2.50 bits per heavy atom. The molecule has 0 bridgehead atoms. The third-order valence-electron chi connectivity index (χ3n) is 3.21. The minimum absolute atomic E-state index is 0.00202. The molecule has 0 aliphatic rings. The number of rotatable bonds is 6. The van der Waals surface area contributed by atoms with E-state index in [0.717, 1.165) is 12.3 Å². The molecule has 0 unspecified atom stereocenters. The van der Waals surface area contributed by atoms with E-state index < -0.39 is 27.2 Å². The zero-order valence-electron chi connectivity index (χ0n) is 13.0. The number of nitrogens with zero attached hydrogens (tertiary/aromatic N) is 3. The standard InChI is InChI=1S/C15H11ClN4O6/c16-11-5-10(15(22)13(7-11)20(25)26)8-17-18-14(21)6-9-3-1-2-4-12(9)19(23)24/h1-5,7-8,22H,6H2,(H,18,21)/b17-8+. The van der Waals surface area contributed by atoms with Crippen LogP contribution in [0.25, 0.3) is 0 Å². The summed E-state index contributed by atoms with van der Waals surface area (Å²) in [6, 6.07) is 7.94. The molecule has 0 atom stereocenters. The van der Waals surface area contributed by atoms with Gasteiger partial charge in [-0.25, -0.2) is 5.43 Å². The quantitative estimate of drug-likeness (QED) is 0.448. The molecule has 0 aromatic heterocycles. The summed E-state index contributed by atoms with van der Waals surface area (Å²) in [6.07, 6.45) is 0.682. The van der Waals surface area contributed by atoms with E-state index in [4.69, 9.17) is 11.6 Å². The van der Waals surface area contributed by atoms with Crippen LogP contribution in [0.4, 0.5) is 11.4 Å². The average molecular weight is 379 g/mol. The van der Waals surface area contributed by atoms with Gasteiger partial charge in [0.2, 0.25) is 11.7 Å². The monoisotopic (exact) mass is 378 g/mol. The van der Waals surface area contributed by atoms with E-state index in [1.165, 1.54) is 24.3 Å². The predicted octanol–water partition coefficient (Wildman–Crippen LogP) is 2.55. The molecule has 26 heavy (non-hydrogen) atoms. The molecule has 0 fully saturated rings. The van der Waals surface area contributed by atoms with Crippen molar-refractivity contribution in [3.05, 3.63) is 72.8 Å². The Labute approximate surface area is 151 Å². The fraction of sp³-hybridized carbons (Fsp3) is 0.0667. The Bertz CT molecular complexity index is 915. The van der Waals surface area contributed by atoms with Crippen LogP contribution in [0.5, 0.6) is 5.75 Å². The maximum Gasteiger partial charge on any atom is 0.312 e. The number of hydrogen-bond donors (Lipinski definition) is 2. The number of carbonyl (C=O) groups excluding carboxylic acids is 1. The number of hydrazone groups is 1. The number of carbonyl (C=O) groups is 1. The number of para-hydroxylation sites is 1. The Morgan fingerprint density at radius 1 is 1.19 bits per heavy atom. The first kappa shape index (κ1) is 18.8. The van der Waals surface area contributed by atoms with Crippen molar-refractivity contribution < 1.29 is 19.7 Å². The summed E-state index contributed by atoms with van der Waals surface area (Å²) >= 11 is 5.73. The predicted molar refractivity (Wildman–Crippen MR) is 92.3 cm³/mol. The van der Waals surface area contributed by atoms with Crippen molar-refractivity contribution in [2.75, 3.05) is 0 Å². The molecule has 0 heterocycles. The van der Waals surface area contributed by atoms with E-state index >= 15 is 0 Å². The molecule has 2 aromatic carbocycles. The number of amides is 1. The van der Waals surface area contributed by atoms with Gasteiger partial charge in [0.05, 0.1) is 22.5 Å². The maximum atomic E-state index is 11.9.